The van der Waals surface area contributed by atoms with E-state index in [4.69, 9.17) is 19.9 Å². The van der Waals surface area contributed by atoms with Crippen LogP contribution < -0.4 is 19.9 Å². The third kappa shape index (κ3) is 6.19. The van der Waals surface area contributed by atoms with E-state index in [1.807, 2.05) is 6.07 Å². The Hall–Kier alpha value is -5.20. The minimum atomic E-state index is -4.71. The zero-order chi connectivity index (χ0) is 29.1. The maximum atomic E-state index is 15.7. The summed E-state index contributed by atoms with van der Waals surface area (Å²) in [6.07, 6.45) is -4.78. The minimum absolute atomic E-state index is 0.0414. The number of rotatable bonds is 8. The van der Waals surface area contributed by atoms with Crippen molar-refractivity contribution in [3.63, 3.8) is 0 Å². The Kier molecular flexibility index (Phi) is 7.42. The van der Waals surface area contributed by atoms with Gasteiger partial charge in [-0.1, -0.05) is 30.3 Å². The molecule has 2 heterocycles. The fourth-order valence-electron chi connectivity index (χ4n) is 4.10. The van der Waals surface area contributed by atoms with Gasteiger partial charge in [-0.25, -0.2) is 18.6 Å². The molecule has 3 aromatic carbocycles. The van der Waals surface area contributed by atoms with Gasteiger partial charge in [-0.05, 0) is 41.5 Å². The van der Waals surface area contributed by atoms with Gasteiger partial charge in [0.15, 0.2) is 18.2 Å². The Labute approximate surface area is 228 Å². The van der Waals surface area contributed by atoms with Gasteiger partial charge in [-0.15, -0.1) is 0 Å². The molecule has 1 amide bonds. The molecule has 0 aliphatic heterocycles. The summed E-state index contributed by atoms with van der Waals surface area (Å²) in [4.78, 5) is 18.9. The molecule has 5 aromatic rings. The number of amides is 1. The van der Waals surface area contributed by atoms with E-state index in [1.54, 1.807) is 24.3 Å². The molecule has 0 radical (unpaired) electrons. The Morgan fingerprint density at radius 2 is 1.56 bits per heavy atom. The van der Waals surface area contributed by atoms with E-state index in [9.17, 15) is 18.0 Å². The van der Waals surface area contributed by atoms with Crippen LogP contribution in [0.15, 0.2) is 79.1 Å². The Bertz CT molecular complexity index is 1680. The molecule has 0 saturated heterocycles. The molecule has 0 aliphatic rings. The summed E-state index contributed by atoms with van der Waals surface area (Å²) in [5.74, 6) is -2.72. The number of alkyl halides is 3. The lowest BCUT2D eigenvalue weighted by molar-refractivity contribution is -0.153. The normalized spacial score (nSPS) is 11.4. The molecule has 0 aliphatic carbocycles. The van der Waals surface area contributed by atoms with E-state index >= 15 is 8.78 Å². The van der Waals surface area contributed by atoms with Crippen molar-refractivity contribution in [3.05, 3.63) is 96.3 Å². The summed E-state index contributed by atoms with van der Waals surface area (Å²) < 4.78 is 86.6. The van der Waals surface area contributed by atoms with Crippen molar-refractivity contribution < 1.29 is 41.0 Å². The van der Waals surface area contributed by atoms with E-state index in [2.05, 4.69) is 9.97 Å². The first-order chi connectivity index (χ1) is 19.6. The molecule has 5 rings (SSSR count). The van der Waals surface area contributed by atoms with Gasteiger partial charge >= 0.3 is 12.3 Å². The lowest BCUT2D eigenvalue weighted by atomic mass is 10.1. The molecule has 41 heavy (non-hydrogen) atoms. The SMILES string of the molecule is NC(=O)Oc1ccc(-c2cc3ncnc(OCC(F)(F)F)c3n2-c2c(F)cc(OCc3ccccc3)cc2F)cc1. The molecule has 0 unspecified atom stereocenters. The van der Waals surface area contributed by atoms with Crippen LogP contribution in [0.25, 0.3) is 28.0 Å². The van der Waals surface area contributed by atoms with E-state index in [1.165, 1.54) is 30.3 Å². The Balaban J connectivity index is 1.64. The van der Waals surface area contributed by atoms with E-state index < -0.39 is 42.1 Å². The number of hydrogen-bond donors (Lipinski definition) is 1. The number of primary amides is 1. The van der Waals surface area contributed by atoms with Crippen LogP contribution >= 0.6 is 0 Å². The Morgan fingerprint density at radius 1 is 0.878 bits per heavy atom. The number of nitrogens with two attached hydrogens (primary N) is 1. The van der Waals surface area contributed by atoms with Crippen LogP contribution in [0.3, 0.4) is 0 Å². The van der Waals surface area contributed by atoms with Crippen molar-refractivity contribution in [2.24, 2.45) is 5.73 Å². The van der Waals surface area contributed by atoms with Gasteiger partial charge in [-0.2, -0.15) is 18.2 Å². The van der Waals surface area contributed by atoms with E-state index in [0.717, 1.165) is 28.6 Å². The highest BCUT2D eigenvalue weighted by atomic mass is 19.4. The maximum absolute atomic E-state index is 15.7. The van der Waals surface area contributed by atoms with Crippen molar-refractivity contribution in [2.45, 2.75) is 12.8 Å². The number of nitrogens with zero attached hydrogens (tertiary/aromatic N) is 3. The first-order valence-electron chi connectivity index (χ1n) is 11.9. The highest BCUT2D eigenvalue weighted by molar-refractivity contribution is 5.89. The fraction of sp³-hybridized carbons (Fsp3) is 0.107. The van der Waals surface area contributed by atoms with Crippen molar-refractivity contribution in [1.82, 2.24) is 14.5 Å². The number of carbonyl (C=O) groups excluding carboxylic acids is 1. The predicted octanol–water partition coefficient (Wildman–Crippen LogP) is 6.34. The number of benzene rings is 3. The summed E-state index contributed by atoms with van der Waals surface area (Å²) in [5, 5.41) is 0. The van der Waals surface area contributed by atoms with Gasteiger partial charge in [0.1, 0.15) is 35.6 Å². The van der Waals surface area contributed by atoms with Crippen LogP contribution in [-0.2, 0) is 6.61 Å². The number of carbonyl (C=O) groups is 1. The third-order valence-corrected chi connectivity index (χ3v) is 5.76. The number of aromatic nitrogens is 3. The second kappa shape index (κ2) is 11.1. The standard InChI is InChI=1S/C28H19F5N4O4/c29-20-10-19(39-13-16-4-2-1-3-5-16)11-21(30)24(20)37-23(17-6-8-18(9-7-17)41-27(34)38)12-22-25(37)26(36-15-35-22)40-14-28(31,32)33/h1-12,15H,13-14H2,(H2,34,38). The van der Waals surface area contributed by atoms with Crippen LogP contribution in [0, 0.1) is 11.6 Å². The molecule has 13 heteroatoms. The first-order valence-corrected chi connectivity index (χ1v) is 11.9. The molecule has 0 saturated carbocycles. The number of halogens is 5. The van der Waals surface area contributed by atoms with Crippen molar-refractivity contribution in [1.29, 1.82) is 0 Å². The zero-order valence-electron chi connectivity index (χ0n) is 20.9. The van der Waals surface area contributed by atoms with Crippen LogP contribution in [0.4, 0.5) is 26.7 Å². The van der Waals surface area contributed by atoms with Crippen molar-refractivity contribution >= 4 is 17.1 Å². The summed E-state index contributed by atoms with van der Waals surface area (Å²) in [6.45, 7) is -1.66. The van der Waals surface area contributed by atoms with Crippen LogP contribution in [0.2, 0.25) is 0 Å². The largest absolute Gasteiger partial charge is 0.489 e. The van der Waals surface area contributed by atoms with Crippen molar-refractivity contribution in [3.8, 4) is 34.3 Å². The predicted molar refractivity (Wildman–Crippen MR) is 137 cm³/mol. The molecular formula is C28H19F5N4O4. The molecule has 0 bridgehead atoms. The molecule has 210 valence electrons. The topological polar surface area (TPSA) is 101 Å². The average Bonchev–Trinajstić information content (AvgIpc) is 3.30. The maximum Gasteiger partial charge on any atom is 0.422 e. The zero-order valence-corrected chi connectivity index (χ0v) is 20.9. The summed E-state index contributed by atoms with van der Waals surface area (Å²) in [7, 11) is 0. The molecule has 0 fully saturated rings. The van der Waals surface area contributed by atoms with Gasteiger partial charge < -0.3 is 19.9 Å². The molecule has 0 atom stereocenters. The monoisotopic (exact) mass is 570 g/mol. The van der Waals surface area contributed by atoms with Crippen molar-refractivity contribution in [2.75, 3.05) is 6.61 Å². The highest BCUT2D eigenvalue weighted by Gasteiger charge is 2.30. The van der Waals surface area contributed by atoms with E-state index in [-0.39, 0.29) is 34.8 Å². The number of ether oxygens (including phenoxy) is 3. The quantitative estimate of drug-likeness (QED) is 0.219. The van der Waals surface area contributed by atoms with E-state index in [0.29, 0.717) is 5.56 Å². The fourth-order valence-corrected chi connectivity index (χ4v) is 4.10. The Morgan fingerprint density at radius 3 is 2.20 bits per heavy atom. The highest BCUT2D eigenvalue weighted by Crippen LogP contribution is 2.38. The molecule has 2 aromatic heterocycles. The van der Waals surface area contributed by atoms with Gasteiger partial charge in [0.2, 0.25) is 5.88 Å². The second-order valence-corrected chi connectivity index (χ2v) is 8.64. The van der Waals surface area contributed by atoms with Gasteiger partial charge in [0.25, 0.3) is 0 Å². The van der Waals surface area contributed by atoms with Crippen LogP contribution in [0.5, 0.6) is 17.4 Å². The summed E-state index contributed by atoms with van der Waals surface area (Å²) in [6, 6.07) is 17.9. The smallest absolute Gasteiger partial charge is 0.422 e. The molecule has 0 spiro atoms. The molecule has 8 nitrogen and oxygen atoms in total. The minimum Gasteiger partial charge on any atom is -0.489 e. The third-order valence-electron chi connectivity index (χ3n) is 5.76. The van der Waals surface area contributed by atoms with Gasteiger partial charge in [0.05, 0.1) is 11.2 Å². The first kappa shape index (κ1) is 27.4. The summed E-state index contributed by atoms with van der Waals surface area (Å²) >= 11 is 0. The lowest BCUT2D eigenvalue weighted by Gasteiger charge is -2.16. The van der Waals surface area contributed by atoms with Gasteiger partial charge in [0, 0.05) is 12.1 Å². The molecular weight excluding hydrogens is 551 g/mol. The van der Waals surface area contributed by atoms with Gasteiger partial charge in [-0.3, -0.25) is 4.57 Å². The number of hydrogen-bond acceptors (Lipinski definition) is 6. The average molecular weight is 570 g/mol. The second-order valence-electron chi connectivity index (χ2n) is 8.64. The van der Waals surface area contributed by atoms with Crippen LogP contribution in [0.1, 0.15) is 5.56 Å². The number of fused-ring (bicyclic) bond motifs is 1. The van der Waals surface area contributed by atoms with Crippen LogP contribution in [-0.4, -0.2) is 33.4 Å². The molecule has 2 N–H and O–H groups in total. The lowest BCUT2D eigenvalue weighted by Crippen LogP contribution is -2.20. The summed E-state index contributed by atoms with van der Waals surface area (Å²) in [5.41, 5.74) is 5.47.